The number of hydrogen-bond donors (Lipinski definition) is 0. The summed E-state index contributed by atoms with van der Waals surface area (Å²) in [6.45, 7) is 6.79. The second-order valence-corrected chi connectivity index (χ2v) is 8.09. The summed E-state index contributed by atoms with van der Waals surface area (Å²) >= 11 is 0. The summed E-state index contributed by atoms with van der Waals surface area (Å²) in [5.41, 5.74) is 2.18. The van der Waals surface area contributed by atoms with Gasteiger partial charge in [-0.3, -0.25) is 0 Å². The number of carbonyl (C=O) groups excluding carboxylic acids is 1. The largest absolute Gasteiger partial charge is 0.355 e. The van der Waals surface area contributed by atoms with Crippen molar-refractivity contribution >= 4 is 14.4 Å². The van der Waals surface area contributed by atoms with Gasteiger partial charge in [-0.05, 0) is 8.07 Å². The number of hydrogen-bond acceptors (Lipinski definition) is 0. The van der Waals surface area contributed by atoms with Crippen molar-refractivity contribution in [2.45, 2.75) is 19.6 Å². The first-order valence-electron chi connectivity index (χ1n) is 3.02. The van der Waals surface area contributed by atoms with Crippen LogP contribution in [0.3, 0.4) is 0 Å². The van der Waals surface area contributed by atoms with Crippen molar-refractivity contribution in [2.75, 3.05) is 7.11 Å². The molecule has 0 aliphatic carbocycles. The zero-order valence-corrected chi connectivity index (χ0v) is 7.56. The third-order valence-corrected chi connectivity index (χ3v) is 1.94. The van der Waals surface area contributed by atoms with Crippen LogP contribution in [0.25, 0.3) is 0 Å². The van der Waals surface area contributed by atoms with Crippen molar-refractivity contribution in [1.29, 1.82) is 0 Å². The van der Waals surface area contributed by atoms with Crippen LogP contribution in [0.1, 0.15) is 0 Å². The Balaban J connectivity index is 3.71. The molecular weight excluding hydrogens is 128 g/mol. The molecule has 0 aromatic heterocycles. The minimum absolute atomic E-state index is 1.02. The molecule has 0 fully saturated rings. The molecule has 0 amide bonds. The highest BCUT2D eigenvalue weighted by Crippen LogP contribution is 2.00. The third-order valence-electron chi connectivity index (χ3n) is 0.769. The SMILES string of the molecule is C[O+]=[C-]/C=C/[Si](C)(C)C. The zero-order chi connectivity index (χ0) is 7.33. The van der Waals surface area contributed by atoms with Gasteiger partial charge in [0.25, 0.3) is 0 Å². The Hall–Kier alpha value is -0.373. The molecule has 0 N–H and O–H groups in total. The summed E-state index contributed by atoms with van der Waals surface area (Å²) in [7, 11) is 0.588. The van der Waals surface area contributed by atoms with Crippen molar-refractivity contribution < 1.29 is 4.42 Å². The summed E-state index contributed by atoms with van der Waals surface area (Å²) in [5, 5.41) is 0. The van der Waals surface area contributed by atoms with Crippen LogP contribution < -0.4 is 0 Å². The van der Waals surface area contributed by atoms with Gasteiger partial charge < -0.3 is 4.42 Å². The first-order valence-corrected chi connectivity index (χ1v) is 6.60. The molecule has 0 unspecified atom stereocenters. The minimum Gasteiger partial charge on any atom is -0.355 e. The van der Waals surface area contributed by atoms with Crippen LogP contribution in [0, 0.1) is 0 Å². The summed E-state index contributed by atoms with van der Waals surface area (Å²) in [6.07, 6.45) is 4.51. The van der Waals surface area contributed by atoms with Gasteiger partial charge in [-0.2, -0.15) is 0 Å². The quantitative estimate of drug-likeness (QED) is 0.241. The topological polar surface area (TPSA) is 11.3 Å². The maximum Gasteiger partial charge on any atom is 0.229 e. The molecule has 52 valence electrons. The average Bonchev–Trinajstić information content (AvgIpc) is 1.63. The smallest absolute Gasteiger partial charge is 0.229 e. The highest BCUT2D eigenvalue weighted by Gasteiger charge is 1.98. The van der Waals surface area contributed by atoms with Crippen molar-refractivity contribution in [3.8, 4) is 0 Å². The molecule has 0 aromatic carbocycles. The average molecular weight is 142 g/mol. The van der Waals surface area contributed by atoms with Crippen molar-refractivity contribution in [3.05, 3.63) is 11.8 Å². The van der Waals surface area contributed by atoms with E-state index in [1.807, 2.05) is 6.08 Å². The molecule has 0 spiro atoms. The van der Waals surface area contributed by atoms with Crippen LogP contribution in [0.4, 0.5) is 0 Å². The molecular formula is C7H14OSi. The molecule has 0 saturated carbocycles. The van der Waals surface area contributed by atoms with E-state index < -0.39 is 8.07 Å². The lowest BCUT2D eigenvalue weighted by Gasteiger charge is -2.12. The fraction of sp³-hybridized carbons (Fsp3) is 0.571. The van der Waals surface area contributed by atoms with Crippen LogP contribution in [0.15, 0.2) is 11.8 Å². The normalized spacial score (nSPS) is 13.8. The summed E-state index contributed by atoms with van der Waals surface area (Å²) in [6, 6.07) is 0. The van der Waals surface area contributed by atoms with Crippen LogP contribution in [-0.4, -0.2) is 21.5 Å². The van der Waals surface area contributed by atoms with Crippen LogP contribution in [0.5, 0.6) is 0 Å². The Morgan fingerprint density at radius 3 is 2.22 bits per heavy atom. The lowest BCUT2D eigenvalue weighted by molar-refractivity contribution is 0.186. The van der Waals surface area contributed by atoms with Crippen LogP contribution >= 0.6 is 0 Å². The second-order valence-electron chi connectivity index (χ2n) is 3.02. The van der Waals surface area contributed by atoms with Crippen molar-refractivity contribution in [2.24, 2.45) is 0 Å². The lowest BCUT2D eigenvalue weighted by atomic mass is 10.7. The Kier molecular flexibility index (Phi) is 3.46. The fourth-order valence-electron chi connectivity index (χ4n) is 0.352. The number of rotatable bonds is 2. The summed E-state index contributed by atoms with van der Waals surface area (Å²) in [5.74, 6) is 0. The monoisotopic (exact) mass is 142 g/mol. The minimum atomic E-state index is -1.02. The lowest BCUT2D eigenvalue weighted by Crippen LogP contribution is -2.15. The molecule has 0 radical (unpaired) electrons. The van der Waals surface area contributed by atoms with Gasteiger partial charge in [-0.25, -0.2) is 5.70 Å². The summed E-state index contributed by atoms with van der Waals surface area (Å²) in [4.78, 5) is 0. The molecule has 2 heteroatoms. The molecule has 0 aliphatic heterocycles. The molecule has 0 aromatic rings. The molecule has 0 bridgehead atoms. The first-order chi connectivity index (χ1) is 4.06. The van der Waals surface area contributed by atoms with Crippen molar-refractivity contribution in [3.63, 3.8) is 0 Å². The Morgan fingerprint density at radius 2 is 1.89 bits per heavy atom. The van der Waals surface area contributed by atoms with Gasteiger partial charge in [0.1, 0.15) is 0 Å². The maximum atomic E-state index is 4.62. The van der Waals surface area contributed by atoms with E-state index in [0.29, 0.717) is 0 Å². The van der Waals surface area contributed by atoms with E-state index in [9.17, 15) is 0 Å². The maximum absolute atomic E-state index is 4.62. The number of allylic oxidation sites excluding steroid dienone is 1. The second kappa shape index (κ2) is 3.61. The van der Waals surface area contributed by atoms with Crippen molar-refractivity contribution in [1.82, 2.24) is 0 Å². The molecule has 0 heterocycles. The Labute approximate surface area is 58.1 Å². The van der Waals surface area contributed by atoms with Gasteiger partial charge in [0.05, 0.1) is 0 Å². The standard InChI is InChI=1S/C7H14OSi/c1-8-6-5-7-9(2,3)4/h5,7H,1-4H3/b7-5+. The highest BCUT2D eigenvalue weighted by atomic mass is 28.3. The van der Waals surface area contributed by atoms with E-state index in [1.165, 1.54) is 0 Å². The van der Waals surface area contributed by atoms with Gasteiger partial charge in [-0.1, -0.05) is 19.6 Å². The Bertz CT molecular complexity index is 119. The first kappa shape index (κ1) is 8.63. The van der Waals surface area contributed by atoms with Gasteiger partial charge in [0.2, 0.25) is 13.4 Å². The van der Waals surface area contributed by atoms with E-state index in [1.54, 1.807) is 7.11 Å². The highest BCUT2D eigenvalue weighted by molar-refractivity contribution is 6.81. The summed E-state index contributed by atoms with van der Waals surface area (Å²) < 4.78 is 4.62. The van der Waals surface area contributed by atoms with Crippen LogP contribution in [0.2, 0.25) is 19.6 Å². The fourth-order valence-corrected chi connectivity index (χ4v) is 0.920. The van der Waals surface area contributed by atoms with E-state index >= 15 is 0 Å². The van der Waals surface area contributed by atoms with E-state index in [0.717, 1.165) is 0 Å². The van der Waals surface area contributed by atoms with E-state index in [4.69, 9.17) is 0 Å². The predicted octanol–water partition coefficient (Wildman–Crippen LogP) is 1.70. The van der Waals surface area contributed by atoms with Crippen LogP contribution in [-0.2, 0) is 4.42 Å². The Morgan fingerprint density at radius 1 is 1.33 bits per heavy atom. The van der Waals surface area contributed by atoms with E-state index in [-0.39, 0.29) is 0 Å². The molecule has 0 atom stereocenters. The van der Waals surface area contributed by atoms with E-state index in [2.05, 4.69) is 36.1 Å². The molecule has 9 heavy (non-hydrogen) atoms. The molecule has 0 aliphatic rings. The van der Waals surface area contributed by atoms with Gasteiger partial charge >= 0.3 is 0 Å². The van der Waals surface area contributed by atoms with Gasteiger partial charge in [0.15, 0.2) is 0 Å². The molecule has 1 nitrogen and oxygen atoms in total. The molecule has 0 rings (SSSR count). The predicted molar refractivity (Wildman–Crippen MR) is 44.1 cm³/mol. The van der Waals surface area contributed by atoms with Gasteiger partial charge in [-0.15, -0.1) is 6.08 Å². The molecule has 0 saturated heterocycles. The van der Waals surface area contributed by atoms with Gasteiger partial charge in [0, 0.05) is 0 Å². The third kappa shape index (κ3) is 7.63. The zero-order valence-electron chi connectivity index (χ0n) is 6.56.